The largest absolute Gasteiger partial charge is 0.480 e. The Labute approximate surface area is 194 Å². The van der Waals surface area contributed by atoms with Gasteiger partial charge in [0.05, 0.1) is 5.69 Å². The quantitative estimate of drug-likeness (QED) is 0.637. The summed E-state index contributed by atoms with van der Waals surface area (Å²) >= 11 is 3.47. The number of hydrogen-bond donors (Lipinski definition) is 2. The molecule has 9 heteroatoms. The van der Waals surface area contributed by atoms with Gasteiger partial charge in [-0.2, -0.15) is 0 Å². The number of rotatable bonds is 6. The fourth-order valence-corrected chi connectivity index (χ4v) is 4.51. The number of nitrogens with zero attached hydrogens (tertiary/aromatic N) is 3. The summed E-state index contributed by atoms with van der Waals surface area (Å²) < 4.78 is 0.790. The molecular weight excluding hydrogens is 476 g/mol. The third-order valence-electron chi connectivity index (χ3n) is 5.67. The van der Waals surface area contributed by atoms with E-state index in [-0.39, 0.29) is 30.7 Å². The number of guanidine groups is 1. The van der Waals surface area contributed by atoms with Crippen molar-refractivity contribution in [2.24, 2.45) is 4.99 Å². The summed E-state index contributed by atoms with van der Waals surface area (Å²) in [5.74, 6) is -1.43. The number of aliphatic imine (C=N–C) groups is 1. The normalized spacial score (nSPS) is 19.1. The summed E-state index contributed by atoms with van der Waals surface area (Å²) in [4.78, 5) is 45.3. The van der Waals surface area contributed by atoms with Gasteiger partial charge in [0.15, 0.2) is 0 Å². The first kappa shape index (κ1) is 22.0. The fraction of sp³-hybridized carbons (Fsp3) is 0.304. The summed E-state index contributed by atoms with van der Waals surface area (Å²) in [6.45, 7) is 0.279. The Hall–Kier alpha value is -3.20. The van der Waals surface area contributed by atoms with Crippen LogP contribution < -0.4 is 5.32 Å². The average Bonchev–Trinajstić information content (AvgIpc) is 3.41. The molecule has 4 rings (SSSR count). The van der Waals surface area contributed by atoms with Gasteiger partial charge < -0.3 is 15.3 Å². The van der Waals surface area contributed by atoms with E-state index in [1.807, 2.05) is 54.6 Å². The molecule has 0 saturated carbocycles. The molecule has 2 aliphatic rings. The number of halogens is 1. The van der Waals surface area contributed by atoms with Crippen LogP contribution in [0.3, 0.4) is 0 Å². The number of carbonyl (C=O) groups excluding carboxylic acids is 2. The maximum absolute atomic E-state index is 13.6. The summed E-state index contributed by atoms with van der Waals surface area (Å²) in [6, 6.07) is 15.0. The monoisotopic (exact) mass is 498 g/mol. The number of benzene rings is 2. The van der Waals surface area contributed by atoms with Gasteiger partial charge in [0.1, 0.15) is 18.6 Å². The minimum Gasteiger partial charge on any atom is -0.480 e. The van der Waals surface area contributed by atoms with Crippen LogP contribution in [0.1, 0.15) is 18.4 Å². The third-order valence-corrected chi connectivity index (χ3v) is 6.36. The minimum absolute atomic E-state index is 0.0757. The molecule has 0 radical (unpaired) electrons. The van der Waals surface area contributed by atoms with Gasteiger partial charge in [-0.25, -0.2) is 9.79 Å². The molecule has 0 spiro atoms. The molecule has 166 valence electrons. The first-order chi connectivity index (χ1) is 15.5. The van der Waals surface area contributed by atoms with Gasteiger partial charge in [0.25, 0.3) is 5.91 Å². The van der Waals surface area contributed by atoms with Crippen molar-refractivity contribution in [3.8, 4) is 0 Å². The SMILES string of the molecule is O=C(O)[C@@H]1CCCN1C(=O)[C@H](Cc1ccccc1)N1C(=O)CN=C1Nc1ccccc1Br. The second kappa shape index (κ2) is 9.52. The molecule has 0 aliphatic carbocycles. The third kappa shape index (κ3) is 4.52. The van der Waals surface area contributed by atoms with Crippen molar-refractivity contribution in [2.75, 3.05) is 18.4 Å². The average molecular weight is 499 g/mol. The van der Waals surface area contributed by atoms with E-state index in [2.05, 4.69) is 26.2 Å². The van der Waals surface area contributed by atoms with Crippen molar-refractivity contribution in [1.29, 1.82) is 0 Å². The predicted octanol–water partition coefficient (Wildman–Crippen LogP) is 2.75. The molecule has 2 aliphatic heterocycles. The molecule has 0 bridgehead atoms. The number of hydrogen-bond acceptors (Lipinski definition) is 5. The van der Waals surface area contributed by atoms with Gasteiger partial charge in [0, 0.05) is 17.4 Å². The van der Waals surface area contributed by atoms with E-state index < -0.39 is 18.1 Å². The van der Waals surface area contributed by atoms with Crippen LogP contribution in [0.15, 0.2) is 64.1 Å². The number of nitrogens with one attached hydrogen (secondary N) is 1. The molecule has 8 nitrogen and oxygen atoms in total. The van der Waals surface area contributed by atoms with E-state index in [1.54, 1.807) is 0 Å². The molecule has 2 atom stereocenters. The van der Waals surface area contributed by atoms with Crippen LogP contribution >= 0.6 is 15.9 Å². The topological polar surface area (TPSA) is 102 Å². The van der Waals surface area contributed by atoms with Gasteiger partial charge in [-0.1, -0.05) is 42.5 Å². The molecule has 1 saturated heterocycles. The number of amides is 2. The Morgan fingerprint density at radius 2 is 1.88 bits per heavy atom. The second-order valence-electron chi connectivity index (χ2n) is 7.74. The predicted molar refractivity (Wildman–Crippen MR) is 123 cm³/mol. The van der Waals surface area contributed by atoms with Crippen molar-refractivity contribution >= 4 is 45.4 Å². The molecule has 1 fully saturated rings. The molecule has 0 aromatic heterocycles. The summed E-state index contributed by atoms with van der Waals surface area (Å²) in [5.41, 5.74) is 1.58. The maximum Gasteiger partial charge on any atom is 0.326 e. The van der Waals surface area contributed by atoms with Gasteiger partial charge in [-0.05, 0) is 46.5 Å². The van der Waals surface area contributed by atoms with Gasteiger partial charge >= 0.3 is 5.97 Å². The Balaban J connectivity index is 1.67. The van der Waals surface area contributed by atoms with E-state index in [0.717, 1.165) is 10.0 Å². The molecule has 2 amide bonds. The highest BCUT2D eigenvalue weighted by atomic mass is 79.9. The van der Waals surface area contributed by atoms with Crippen molar-refractivity contribution < 1.29 is 19.5 Å². The lowest BCUT2D eigenvalue weighted by Crippen LogP contribution is -2.56. The summed E-state index contributed by atoms with van der Waals surface area (Å²) in [7, 11) is 0. The highest BCUT2D eigenvalue weighted by Gasteiger charge is 2.43. The van der Waals surface area contributed by atoms with Crippen LogP contribution in [0, 0.1) is 0 Å². The molecule has 32 heavy (non-hydrogen) atoms. The van der Waals surface area contributed by atoms with Crippen LogP contribution in [-0.4, -0.2) is 63.8 Å². The van der Waals surface area contributed by atoms with Gasteiger partial charge in [-0.15, -0.1) is 0 Å². The molecule has 2 aromatic rings. The van der Waals surface area contributed by atoms with E-state index in [0.29, 0.717) is 25.1 Å². The lowest BCUT2D eigenvalue weighted by atomic mass is 10.0. The number of para-hydroxylation sites is 1. The number of carboxylic acids is 1. The number of anilines is 1. The van der Waals surface area contributed by atoms with Crippen LogP contribution in [0.4, 0.5) is 5.69 Å². The van der Waals surface area contributed by atoms with Crippen LogP contribution in [0.25, 0.3) is 0 Å². The summed E-state index contributed by atoms with van der Waals surface area (Å²) in [6.07, 6.45) is 1.28. The minimum atomic E-state index is -1.03. The van der Waals surface area contributed by atoms with E-state index in [1.165, 1.54) is 9.80 Å². The van der Waals surface area contributed by atoms with Crippen LogP contribution in [-0.2, 0) is 20.8 Å². The number of carbonyl (C=O) groups is 3. The Morgan fingerprint density at radius 1 is 1.16 bits per heavy atom. The molecule has 2 N–H and O–H groups in total. The second-order valence-corrected chi connectivity index (χ2v) is 8.60. The zero-order valence-corrected chi connectivity index (χ0v) is 18.9. The zero-order chi connectivity index (χ0) is 22.7. The van der Waals surface area contributed by atoms with Crippen LogP contribution in [0.5, 0.6) is 0 Å². The number of carboxylic acid groups (broad SMARTS) is 1. The lowest BCUT2D eigenvalue weighted by Gasteiger charge is -2.33. The van der Waals surface area contributed by atoms with Crippen molar-refractivity contribution in [2.45, 2.75) is 31.3 Å². The van der Waals surface area contributed by atoms with E-state index in [9.17, 15) is 19.5 Å². The maximum atomic E-state index is 13.6. The number of likely N-dealkylation sites (tertiary alicyclic amines) is 1. The van der Waals surface area contributed by atoms with E-state index >= 15 is 0 Å². The van der Waals surface area contributed by atoms with Crippen molar-refractivity contribution in [1.82, 2.24) is 9.80 Å². The lowest BCUT2D eigenvalue weighted by molar-refractivity contribution is -0.150. The Kier molecular flexibility index (Phi) is 6.55. The van der Waals surface area contributed by atoms with Gasteiger partial charge in [-0.3, -0.25) is 14.5 Å². The standard InChI is InChI=1S/C23H23BrN4O4/c24-16-9-4-5-10-17(16)26-23-25-14-20(29)28(23)19(13-15-7-2-1-3-8-15)21(30)27-12-6-11-18(27)22(31)32/h1-5,7-10,18-19H,6,11-14H2,(H,25,26)(H,31,32)/t18-,19-/m0/s1. The van der Waals surface area contributed by atoms with E-state index in [4.69, 9.17) is 0 Å². The molecular formula is C23H23BrN4O4. The van der Waals surface area contributed by atoms with Crippen molar-refractivity contribution in [3.63, 3.8) is 0 Å². The summed E-state index contributed by atoms with van der Waals surface area (Å²) in [5, 5.41) is 12.7. The highest BCUT2D eigenvalue weighted by Crippen LogP contribution is 2.26. The fourth-order valence-electron chi connectivity index (χ4n) is 4.12. The molecule has 2 aromatic carbocycles. The molecule has 2 heterocycles. The zero-order valence-electron chi connectivity index (χ0n) is 17.3. The van der Waals surface area contributed by atoms with Crippen LogP contribution in [0.2, 0.25) is 0 Å². The Morgan fingerprint density at radius 3 is 2.59 bits per heavy atom. The Bertz CT molecular complexity index is 1060. The smallest absolute Gasteiger partial charge is 0.326 e. The van der Waals surface area contributed by atoms with Crippen molar-refractivity contribution in [3.05, 3.63) is 64.6 Å². The first-order valence-corrected chi connectivity index (χ1v) is 11.2. The number of aliphatic carboxylic acids is 1. The van der Waals surface area contributed by atoms with Gasteiger partial charge in [0.2, 0.25) is 11.9 Å². The first-order valence-electron chi connectivity index (χ1n) is 10.4. The highest BCUT2D eigenvalue weighted by molar-refractivity contribution is 9.10. The molecule has 0 unspecified atom stereocenters.